The Balaban J connectivity index is 1.36. The van der Waals surface area contributed by atoms with Gasteiger partial charge in [-0.15, -0.1) is 0 Å². The van der Waals surface area contributed by atoms with Crippen LogP contribution in [0.2, 0.25) is 0 Å². The highest BCUT2D eigenvalue weighted by Gasteiger charge is 2.16. The van der Waals surface area contributed by atoms with Crippen molar-refractivity contribution in [3.8, 4) is 11.4 Å². The van der Waals surface area contributed by atoms with Gasteiger partial charge in [0, 0.05) is 53.9 Å². The monoisotopic (exact) mass is 483 g/mol. The predicted molar refractivity (Wildman–Crippen MR) is 139 cm³/mol. The number of carbonyl (C=O) groups excluding carboxylic acids is 1. The van der Waals surface area contributed by atoms with Crippen LogP contribution in [0.1, 0.15) is 36.8 Å². The van der Waals surface area contributed by atoms with Gasteiger partial charge in [0.1, 0.15) is 17.3 Å². The summed E-state index contributed by atoms with van der Waals surface area (Å²) in [5.41, 5.74) is 2.58. The maximum atomic E-state index is 13.1. The molecular weight excluding hydrogens is 454 g/mol. The number of Topliss-reactive ketones (excluding diaryl/α,β-unsaturated/α-hetero) is 1. The number of hydrogen-bond donors (Lipinski definition) is 1. The van der Waals surface area contributed by atoms with Gasteiger partial charge in [0.25, 0.3) is 0 Å². The van der Waals surface area contributed by atoms with Gasteiger partial charge in [0.05, 0.1) is 37.7 Å². The summed E-state index contributed by atoms with van der Waals surface area (Å²) in [5.74, 6) is 1.49. The van der Waals surface area contributed by atoms with E-state index in [0.29, 0.717) is 41.7 Å². The van der Waals surface area contributed by atoms with Crippen LogP contribution in [-0.4, -0.2) is 62.5 Å². The van der Waals surface area contributed by atoms with Crippen LogP contribution in [-0.2, 0) is 11.2 Å². The summed E-state index contributed by atoms with van der Waals surface area (Å²) >= 11 is 0. The Morgan fingerprint density at radius 3 is 2.58 bits per heavy atom. The standard InChI is InChI=1S/C27H29N7O2/c1-27(2,3)33-25-17-28-16-23(32-25)22-11-19-10-21(30-14-20(19)15-31-22)13-24(35)18-4-5-29-26(12-18)34-6-8-36-9-7-34/h4-5,10-12,14-17H,6-9,13H2,1-3H3,(H,32,33). The molecule has 0 atom stereocenters. The lowest BCUT2D eigenvalue weighted by Crippen LogP contribution is -2.36. The highest BCUT2D eigenvalue weighted by molar-refractivity contribution is 5.98. The Bertz CT molecular complexity index is 1390. The van der Waals surface area contributed by atoms with Crippen molar-refractivity contribution >= 4 is 28.2 Å². The maximum absolute atomic E-state index is 13.1. The summed E-state index contributed by atoms with van der Waals surface area (Å²) in [4.78, 5) is 37.7. The zero-order valence-corrected chi connectivity index (χ0v) is 20.7. The van der Waals surface area contributed by atoms with E-state index in [9.17, 15) is 4.79 Å². The summed E-state index contributed by atoms with van der Waals surface area (Å²) in [5, 5.41) is 5.17. The number of nitrogens with zero attached hydrogens (tertiary/aromatic N) is 6. The molecular formula is C27H29N7O2. The number of ketones is 1. The molecule has 0 unspecified atom stereocenters. The third-order valence-electron chi connectivity index (χ3n) is 5.80. The highest BCUT2D eigenvalue weighted by atomic mass is 16.5. The molecule has 1 saturated heterocycles. The number of ether oxygens (including phenoxy) is 1. The van der Waals surface area contributed by atoms with Gasteiger partial charge in [0.2, 0.25) is 0 Å². The minimum Gasteiger partial charge on any atom is -0.378 e. The maximum Gasteiger partial charge on any atom is 0.169 e. The van der Waals surface area contributed by atoms with Gasteiger partial charge in [-0.25, -0.2) is 9.97 Å². The molecule has 0 bridgehead atoms. The third-order valence-corrected chi connectivity index (χ3v) is 5.80. The molecule has 5 rings (SSSR count). The van der Waals surface area contributed by atoms with Crippen molar-refractivity contribution in [1.82, 2.24) is 24.9 Å². The normalized spacial score (nSPS) is 14.1. The second-order valence-electron chi connectivity index (χ2n) is 9.86. The molecule has 1 aliphatic rings. The fourth-order valence-electron chi connectivity index (χ4n) is 4.08. The number of carbonyl (C=O) groups is 1. The topological polar surface area (TPSA) is 106 Å². The van der Waals surface area contributed by atoms with E-state index in [0.717, 1.165) is 29.7 Å². The minimum atomic E-state index is -0.130. The Morgan fingerprint density at radius 2 is 1.78 bits per heavy atom. The number of aromatic nitrogens is 5. The number of hydrogen-bond acceptors (Lipinski definition) is 9. The van der Waals surface area contributed by atoms with Gasteiger partial charge < -0.3 is 15.0 Å². The van der Waals surface area contributed by atoms with E-state index >= 15 is 0 Å². The highest BCUT2D eigenvalue weighted by Crippen LogP contribution is 2.23. The molecule has 184 valence electrons. The average molecular weight is 484 g/mol. The van der Waals surface area contributed by atoms with E-state index in [2.05, 4.69) is 55.9 Å². The van der Waals surface area contributed by atoms with Gasteiger partial charge >= 0.3 is 0 Å². The number of fused-ring (bicyclic) bond motifs is 1. The summed E-state index contributed by atoms with van der Waals surface area (Å²) in [6, 6.07) is 7.51. The zero-order chi connectivity index (χ0) is 25.1. The second kappa shape index (κ2) is 9.94. The van der Waals surface area contributed by atoms with Crippen LogP contribution in [0.4, 0.5) is 11.6 Å². The quantitative estimate of drug-likeness (QED) is 0.408. The SMILES string of the molecule is CC(C)(C)Nc1cncc(-c2cc3cc(CC(=O)c4ccnc(N5CCOCC5)c4)ncc3cn2)n1. The van der Waals surface area contributed by atoms with Crippen LogP contribution in [0, 0.1) is 0 Å². The molecule has 5 heterocycles. The first-order valence-corrected chi connectivity index (χ1v) is 12.0. The van der Waals surface area contributed by atoms with Crippen molar-refractivity contribution in [1.29, 1.82) is 0 Å². The molecule has 1 aliphatic heterocycles. The number of nitrogens with one attached hydrogen (secondary N) is 1. The Hall–Kier alpha value is -3.98. The number of pyridine rings is 3. The van der Waals surface area contributed by atoms with Crippen molar-refractivity contribution in [2.45, 2.75) is 32.7 Å². The Morgan fingerprint density at radius 1 is 0.972 bits per heavy atom. The molecule has 9 nitrogen and oxygen atoms in total. The first-order chi connectivity index (χ1) is 17.3. The molecule has 0 saturated carbocycles. The summed E-state index contributed by atoms with van der Waals surface area (Å²) in [7, 11) is 0. The van der Waals surface area contributed by atoms with Gasteiger partial charge in [-0.05, 0) is 50.4 Å². The molecule has 0 radical (unpaired) electrons. The van der Waals surface area contributed by atoms with E-state index in [1.807, 2.05) is 18.2 Å². The second-order valence-corrected chi connectivity index (χ2v) is 9.86. The third kappa shape index (κ3) is 5.63. The first-order valence-electron chi connectivity index (χ1n) is 12.0. The van der Waals surface area contributed by atoms with E-state index in [1.165, 1.54) is 0 Å². The average Bonchev–Trinajstić information content (AvgIpc) is 2.88. The first kappa shape index (κ1) is 23.7. The van der Waals surface area contributed by atoms with E-state index in [4.69, 9.17) is 4.74 Å². The molecule has 0 aromatic carbocycles. The van der Waals surface area contributed by atoms with Gasteiger partial charge in [0.15, 0.2) is 5.78 Å². The number of rotatable bonds is 6. The molecule has 36 heavy (non-hydrogen) atoms. The van der Waals surface area contributed by atoms with Crippen LogP contribution in [0.15, 0.2) is 55.2 Å². The molecule has 0 amide bonds. The van der Waals surface area contributed by atoms with Crippen LogP contribution < -0.4 is 10.2 Å². The minimum absolute atomic E-state index is 0.000128. The van der Waals surface area contributed by atoms with E-state index < -0.39 is 0 Å². The van der Waals surface area contributed by atoms with Crippen LogP contribution >= 0.6 is 0 Å². The van der Waals surface area contributed by atoms with Gasteiger partial charge in [-0.3, -0.25) is 19.7 Å². The van der Waals surface area contributed by atoms with Crippen molar-refractivity contribution in [3.63, 3.8) is 0 Å². The van der Waals surface area contributed by atoms with Crippen molar-refractivity contribution in [2.24, 2.45) is 0 Å². The van der Waals surface area contributed by atoms with Crippen LogP contribution in [0.3, 0.4) is 0 Å². The largest absolute Gasteiger partial charge is 0.378 e. The molecule has 4 aromatic rings. The molecule has 0 aliphatic carbocycles. The van der Waals surface area contributed by atoms with Gasteiger partial charge in [-0.1, -0.05) is 0 Å². The fraction of sp³-hybridized carbons (Fsp3) is 0.333. The lowest BCUT2D eigenvalue weighted by Gasteiger charge is -2.27. The lowest BCUT2D eigenvalue weighted by atomic mass is 10.1. The summed E-state index contributed by atoms with van der Waals surface area (Å²) in [6.45, 7) is 9.09. The fourth-order valence-corrected chi connectivity index (χ4v) is 4.08. The van der Waals surface area contributed by atoms with E-state index in [-0.39, 0.29) is 17.7 Å². The number of morpholine rings is 1. The van der Waals surface area contributed by atoms with E-state index in [1.54, 1.807) is 37.1 Å². The number of anilines is 2. The molecule has 9 heteroatoms. The van der Waals surface area contributed by atoms with Crippen LogP contribution in [0.25, 0.3) is 22.2 Å². The Kier molecular flexibility index (Phi) is 6.56. The molecule has 1 fully saturated rings. The molecule has 1 N–H and O–H groups in total. The van der Waals surface area contributed by atoms with Crippen molar-refractivity contribution in [3.05, 3.63) is 66.5 Å². The molecule has 0 spiro atoms. The van der Waals surface area contributed by atoms with Gasteiger partial charge in [-0.2, -0.15) is 0 Å². The van der Waals surface area contributed by atoms with Crippen molar-refractivity contribution in [2.75, 3.05) is 36.5 Å². The lowest BCUT2D eigenvalue weighted by molar-refractivity contribution is 0.0992. The Labute approximate surface area is 210 Å². The van der Waals surface area contributed by atoms with Crippen molar-refractivity contribution < 1.29 is 9.53 Å². The molecule has 4 aromatic heterocycles. The summed E-state index contributed by atoms with van der Waals surface area (Å²) < 4.78 is 5.41. The zero-order valence-electron chi connectivity index (χ0n) is 20.7. The van der Waals surface area contributed by atoms with Crippen LogP contribution in [0.5, 0.6) is 0 Å². The predicted octanol–water partition coefficient (Wildman–Crippen LogP) is 3.95. The smallest absolute Gasteiger partial charge is 0.169 e. The summed E-state index contributed by atoms with van der Waals surface area (Å²) in [6.07, 6.45) is 8.81.